The summed E-state index contributed by atoms with van der Waals surface area (Å²) in [6.07, 6.45) is 0. The maximum Gasteiger partial charge on any atom is 0.0451 e. The van der Waals surface area contributed by atoms with Crippen molar-refractivity contribution in [3.63, 3.8) is 0 Å². The van der Waals surface area contributed by atoms with Gasteiger partial charge >= 0.3 is 0 Å². The zero-order chi connectivity index (χ0) is 9.84. The van der Waals surface area contributed by atoms with Gasteiger partial charge in [-0.15, -0.1) is 0 Å². The van der Waals surface area contributed by atoms with Crippen LogP contribution in [0.1, 0.15) is 11.1 Å². The van der Waals surface area contributed by atoms with Crippen LogP contribution in [0.25, 0.3) is 0 Å². The molecule has 2 nitrogen and oxygen atoms in total. The van der Waals surface area contributed by atoms with Gasteiger partial charge in [0.2, 0.25) is 0 Å². The zero-order valence-electron chi connectivity index (χ0n) is 8.05. The number of nitrogens with two attached hydrogens (primary N) is 1. The molecule has 0 fully saturated rings. The van der Waals surface area contributed by atoms with E-state index in [1.807, 2.05) is 26.2 Å². The Morgan fingerprint density at radius 3 is 2.62 bits per heavy atom. The maximum atomic E-state index is 6.03. The quantitative estimate of drug-likeness (QED) is 0.804. The summed E-state index contributed by atoms with van der Waals surface area (Å²) < 4.78 is 0. The average Bonchev–Trinajstić information content (AvgIpc) is 2.08. The smallest absolute Gasteiger partial charge is 0.0451 e. The largest absolute Gasteiger partial charge is 0.326 e. The van der Waals surface area contributed by atoms with Gasteiger partial charge < -0.3 is 10.6 Å². The van der Waals surface area contributed by atoms with Gasteiger partial charge in [-0.05, 0) is 31.3 Å². The third-order valence-corrected chi connectivity index (χ3v) is 2.20. The first-order valence-electron chi connectivity index (χ1n) is 4.25. The topological polar surface area (TPSA) is 29.3 Å². The molecule has 0 bridgehead atoms. The number of benzene rings is 1. The van der Waals surface area contributed by atoms with Crippen LogP contribution in [0.2, 0.25) is 5.02 Å². The monoisotopic (exact) mass is 198 g/mol. The molecule has 0 aliphatic heterocycles. The average molecular weight is 199 g/mol. The summed E-state index contributed by atoms with van der Waals surface area (Å²) >= 11 is 6.03. The van der Waals surface area contributed by atoms with Crippen LogP contribution in [0.4, 0.5) is 0 Å². The van der Waals surface area contributed by atoms with E-state index in [1.165, 1.54) is 0 Å². The van der Waals surface area contributed by atoms with Gasteiger partial charge in [-0.25, -0.2) is 0 Å². The number of nitrogens with zero attached hydrogens (tertiary/aromatic N) is 1. The Morgan fingerprint density at radius 1 is 1.38 bits per heavy atom. The fraction of sp³-hybridized carbons (Fsp3) is 0.400. The molecule has 0 unspecified atom stereocenters. The molecule has 0 amide bonds. The molecule has 2 N–H and O–H groups in total. The Hall–Kier alpha value is -0.570. The van der Waals surface area contributed by atoms with Crippen LogP contribution in [-0.2, 0) is 13.1 Å². The molecule has 0 aliphatic rings. The molecule has 1 aromatic rings. The molecule has 0 aromatic heterocycles. The second-order valence-electron chi connectivity index (χ2n) is 3.37. The normalized spacial score (nSPS) is 10.8. The predicted octanol–water partition coefficient (Wildman–Crippen LogP) is 1.86. The molecule has 0 radical (unpaired) electrons. The van der Waals surface area contributed by atoms with E-state index in [-0.39, 0.29) is 0 Å². The molecular weight excluding hydrogens is 184 g/mol. The lowest BCUT2D eigenvalue weighted by Gasteiger charge is -2.12. The van der Waals surface area contributed by atoms with E-state index in [2.05, 4.69) is 11.0 Å². The van der Waals surface area contributed by atoms with Crippen molar-refractivity contribution in [2.45, 2.75) is 13.1 Å². The Kier molecular flexibility index (Phi) is 3.72. The van der Waals surface area contributed by atoms with Crippen molar-refractivity contribution in [1.82, 2.24) is 4.90 Å². The van der Waals surface area contributed by atoms with Gasteiger partial charge in [0.05, 0.1) is 0 Å². The molecule has 0 aliphatic carbocycles. The van der Waals surface area contributed by atoms with Crippen molar-refractivity contribution in [2.24, 2.45) is 5.73 Å². The summed E-state index contributed by atoms with van der Waals surface area (Å²) in [6, 6.07) is 5.92. The van der Waals surface area contributed by atoms with E-state index in [4.69, 9.17) is 17.3 Å². The Balaban J connectivity index is 2.90. The van der Waals surface area contributed by atoms with Crippen LogP contribution in [0.5, 0.6) is 0 Å². The number of hydrogen-bond acceptors (Lipinski definition) is 2. The van der Waals surface area contributed by atoms with Gasteiger partial charge in [-0.2, -0.15) is 0 Å². The van der Waals surface area contributed by atoms with Crippen molar-refractivity contribution in [3.8, 4) is 0 Å². The van der Waals surface area contributed by atoms with Crippen molar-refractivity contribution in [3.05, 3.63) is 34.3 Å². The molecule has 3 heteroatoms. The van der Waals surface area contributed by atoms with Gasteiger partial charge in [0.15, 0.2) is 0 Å². The molecule has 0 saturated carbocycles. The van der Waals surface area contributed by atoms with Gasteiger partial charge in [0, 0.05) is 18.1 Å². The van der Waals surface area contributed by atoms with Crippen LogP contribution in [0, 0.1) is 0 Å². The fourth-order valence-corrected chi connectivity index (χ4v) is 1.39. The molecular formula is C10H15ClN2. The van der Waals surface area contributed by atoms with E-state index in [1.54, 1.807) is 0 Å². The highest BCUT2D eigenvalue weighted by molar-refractivity contribution is 6.31. The van der Waals surface area contributed by atoms with Gasteiger partial charge in [0.1, 0.15) is 0 Å². The molecule has 0 saturated heterocycles. The molecule has 1 aromatic carbocycles. The highest BCUT2D eigenvalue weighted by Gasteiger charge is 2.02. The van der Waals surface area contributed by atoms with E-state index < -0.39 is 0 Å². The predicted molar refractivity (Wildman–Crippen MR) is 56.7 cm³/mol. The lowest BCUT2D eigenvalue weighted by Crippen LogP contribution is -2.11. The minimum atomic E-state index is 0.567. The summed E-state index contributed by atoms with van der Waals surface area (Å²) in [5.41, 5.74) is 7.80. The van der Waals surface area contributed by atoms with Gasteiger partial charge in [-0.3, -0.25) is 0 Å². The van der Waals surface area contributed by atoms with Crippen molar-refractivity contribution >= 4 is 11.6 Å². The molecule has 13 heavy (non-hydrogen) atoms. The molecule has 0 heterocycles. The van der Waals surface area contributed by atoms with Crippen LogP contribution in [0.15, 0.2) is 18.2 Å². The third kappa shape index (κ3) is 2.99. The third-order valence-electron chi connectivity index (χ3n) is 1.83. The van der Waals surface area contributed by atoms with Gasteiger partial charge in [0.25, 0.3) is 0 Å². The van der Waals surface area contributed by atoms with Crippen LogP contribution in [-0.4, -0.2) is 19.0 Å². The fourth-order valence-electron chi connectivity index (χ4n) is 1.22. The lowest BCUT2D eigenvalue weighted by molar-refractivity contribution is 0.402. The number of halogens is 1. The van der Waals surface area contributed by atoms with Crippen LogP contribution < -0.4 is 5.73 Å². The standard InChI is InChI=1S/C10H15ClN2/c1-13(2)7-9-5-8(6-12)3-4-10(9)11/h3-5H,6-7,12H2,1-2H3. The number of hydrogen-bond donors (Lipinski definition) is 1. The SMILES string of the molecule is CN(C)Cc1cc(CN)ccc1Cl. The van der Waals surface area contributed by atoms with Crippen LogP contribution >= 0.6 is 11.6 Å². The van der Waals surface area contributed by atoms with Crippen molar-refractivity contribution < 1.29 is 0 Å². The second kappa shape index (κ2) is 4.61. The first-order valence-corrected chi connectivity index (χ1v) is 4.63. The summed E-state index contributed by atoms with van der Waals surface area (Å²) in [6.45, 7) is 1.42. The summed E-state index contributed by atoms with van der Waals surface area (Å²) in [5.74, 6) is 0. The van der Waals surface area contributed by atoms with E-state index >= 15 is 0 Å². The zero-order valence-corrected chi connectivity index (χ0v) is 8.80. The molecule has 1 rings (SSSR count). The number of rotatable bonds is 3. The first-order chi connectivity index (χ1) is 6.13. The first kappa shape index (κ1) is 10.5. The Morgan fingerprint density at radius 2 is 2.08 bits per heavy atom. The Labute approximate surface area is 84.3 Å². The van der Waals surface area contributed by atoms with Crippen molar-refractivity contribution in [1.29, 1.82) is 0 Å². The summed E-state index contributed by atoms with van der Waals surface area (Å²) in [7, 11) is 4.04. The minimum absolute atomic E-state index is 0.567. The second-order valence-corrected chi connectivity index (χ2v) is 3.77. The van der Waals surface area contributed by atoms with Gasteiger partial charge in [-0.1, -0.05) is 23.7 Å². The summed E-state index contributed by atoms with van der Waals surface area (Å²) in [5, 5.41) is 0.811. The molecule has 0 spiro atoms. The van der Waals surface area contributed by atoms with E-state index in [0.29, 0.717) is 6.54 Å². The maximum absolute atomic E-state index is 6.03. The molecule has 0 atom stereocenters. The van der Waals surface area contributed by atoms with E-state index in [9.17, 15) is 0 Å². The van der Waals surface area contributed by atoms with E-state index in [0.717, 1.165) is 22.7 Å². The van der Waals surface area contributed by atoms with Crippen LogP contribution in [0.3, 0.4) is 0 Å². The highest BCUT2D eigenvalue weighted by Crippen LogP contribution is 2.18. The van der Waals surface area contributed by atoms with Crippen molar-refractivity contribution in [2.75, 3.05) is 14.1 Å². The molecule has 72 valence electrons. The minimum Gasteiger partial charge on any atom is -0.326 e. The lowest BCUT2D eigenvalue weighted by atomic mass is 10.1. The highest BCUT2D eigenvalue weighted by atomic mass is 35.5. The summed E-state index contributed by atoms with van der Waals surface area (Å²) in [4.78, 5) is 2.08. The Bertz CT molecular complexity index is 284.